The molecule has 1 aliphatic rings. The van der Waals surface area contributed by atoms with Gasteiger partial charge in [-0.15, -0.1) is 0 Å². The first kappa shape index (κ1) is 18.9. The average molecular weight is 355 g/mol. The Morgan fingerprint density at radius 3 is 2.85 bits per heavy atom. The van der Waals surface area contributed by atoms with Crippen LogP contribution in [0.4, 0.5) is 10.2 Å². The summed E-state index contributed by atoms with van der Waals surface area (Å²) in [6.45, 7) is 3.25. The van der Waals surface area contributed by atoms with Gasteiger partial charge in [0.1, 0.15) is 11.6 Å². The van der Waals surface area contributed by atoms with Gasteiger partial charge in [-0.3, -0.25) is 0 Å². The smallest absolute Gasteiger partial charge is 0.129 e. The molecule has 3 rings (SSSR count). The number of fused-ring (bicyclic) bond motifs is 1. The predicted octanol–water partition coefficient (Wildman–Crippen LogP) is 6.27. The fourth-order valence-corrected chi connectivity index (χ4v) is 3.93. The summed E-state index contributed by atoms with van der Waals surface area (Å²) in [5.74, 6) is 1.47. The Labute approximate surface area is 157 Å². The predicted molar refractivity (Wildman–Crippen MR) is 107 cm³/mol. The number of nitrogens with one attached hydrogen (secondary N) is 1. The monoisotopic (exact) mass is 354 g/mol. The van der Waals surface area contributed by atoms with Crippen LogP contribution in [0.5, 0.6) is 0 Å². The van der Waals surface area contributed by atoms with E-state index in [0.29, 0.717) is 5.92 Å². The zero-order chi connectivity index (χ0) is 18.2. The van der Waals surface area contributed by atoms with E-state index >= 15 is 0 Å². The lowest BCUT2D eigenvalue weighted by Gasteiger charge is -2.17. The molecule has 0 saturated heterocycles. The van der Waals surface area contributed by atoms with Gasteiger partial charge in [0.05, 0.1) is 0 Å². The van der Waals surface area contributed by atoms with Gasteiger partial charge >= 0.3 is 0 Å². The minimum atomic E-state index is -0.118. The zero-order valence-electron chi connectivity index (χ0n) is 15.9. The SMILES string of the molecule is CC[C@@H](CCCCCCc1ccc2c(n1)NCCC2)c1cccc(F)c1. The Hall–Kier alpha value is -1.90. The summed E-state index contributed by atoms with van der Waals surface area (Å²) in [5, 5.41) is 3.41. The maximum atomic E-state index is 13.4. The molecule has 0 spiro atoms. The second kappa shape index (κ2) is 9.70. The minimum absolute atomic E-state index is 0.118. The summed E-state index contributed by atoms with van der Waals surface area (Å²) >= 11 is 0. The normalized spacial score (nSPS) is 14.5. The van der Waals surface area contributed by atoms with Crippen molar-refractivity contribution in [1.29, 1.82) is 0 Å². The number of anilines is 1. The van der Waals surface area contributed by atoms with Gasteiger partial charge in [0.2, 0.25) is 0 Å². The van der Waals surface area contributed by atoms with Gasteiger partial charge in [-0.25, -0.2) is 9.37 Å². The number of halogens is 1. The van der Waals surface area contributed by atoms with Gasteiger partial charge < -0.3 is 5.32 Å². The van der Waals surface area contributed by atoms with E-state index in [0.717, 1.165) is 43.6 Å². The molecule has 2 aromatic rings. The highest BCUT2D eigenvalue weighted by molar-refractivity contribution is 5.46. The number of aryl methyl sites for hydroxylation is 2. The summed E-state index contributed by atoms with van der Waals surface area (Å²) in [5.41, 5.74) is 3.73. The summed E-state index contributed by atoms with van der Waals surface area (Å²) in [6.07, 6.45) is 10.6. The van der Waals surface area contributed by atoms with Crippen LogP contribution in [0.15, 0.2) is 36.4 Å². The van der Waals surface area contributed by atoms with Crippen LogP contribution in [0.3, 0.4) is 0 Å². The third kappa shape index (κ3) is 5.30. The average Bonchev–Trinajstić information content (AvgIpc) is 2.67. The van der Waals surface area contributed by atoms with Crippen LogP contribution in [-0.2, 0) is 12.8 Å². The van der Waals surface area contributed by atoms with Gasteiger partial charge in [-0.1, -0.05) is 44.4 Å². The first-order chi connectivity index (χ1) is 12.8. The summed E-state index contributed by atoms with van der Waals surface area (Å²) in [6, 6.07) is 11.6. The number of pyridine rings is 1. The van der Waals surface area contributed by atoms with Gasteiger partial charge in [-0.05, 0) is 73.8 Å². The maximum absolute atomic E-state index is 13.4. The molecule has 0 fully saturated rings. The molecule has 2 heterocycles. The number of unbranched alkanes of at least 4 members (excludes halogenated alkanes) is 3. The number of benzene rings is 1. The molecule has 0 aliphatic carbocycles. The molecule has 1 N–H and O–H groups in total. The van der Waals surface area contributed by atoms with E-state index in [4.69, 9.17) is 4.98 Å². The number of rotatable bonds is 9. The molecule has 1 aromatic heterocycles. The van der Waals surface area contributed by atoms with Crippen LogP contribution in [0.25, 0.3) is 0 Å². The third-order valence-corrected chi connectivity index (χ3v) is 5.50. The van der Waals surface area contributed by atoms with Crippen molar-refractivity contribution in [1.82, 2.24) is 4.98 Å². The zero-order valence-corrected chi connectivity index (χ0v) is 15.9. The molecule has 2 nitrogen and oxygen atoms in total. The number of hydrogen-bond acceptors (Lipinski definition) is 2. The molecule has 1 atom stereocenters. The highest BCUT2D eigenvalue weighted by atomic mass is 19.1. The molecular weight excluding hydrogens is 323 g/mol. The molecule has 0 saturated carbocycles. The van der Waals surface area contributed by atoms with E-state index in [-0.39, 0.29) is 5.82 Å². The minimum Gasteiger partial charge on any atom is -0.370 e. The van der Waals surface area contributed by atoms with Crippen LogP contribution < -0.4 is 5.32 Å². The fourth-order valence-electron chi connectivity index (χ4n) is 3.93. The maximum Gasteiger partial charge on any atom is 0.129 e. The topological polar surface area (TPSA) is 24.9 Å². The lowest BCUT2D eigenvalue weighted by Crippen LogP contribution is -2.13. The molecule has 1 aromatic carbocycles. The summed E-state index contributed by atoms with van der Waals surface area (Å²) in [7, 11) is 0. The lowest BCUT2D eigenvalue weighted by molar-refractivity contribution is 0.532. The van der Waals surface area contributed by atoms with Crippen molar-refractivity contribution >= 4 is 5.82 Å². The highest BCUT2D eigenvalue weighted by Gasteiger charge is 2.11. The lowest BCUT2D eigenvalue weighted by atomic mass is 9.91. The van der Waals surface area contributed by atoms with E-state index in [1.54, 1.807) is 6.07 Å². The molecule has 0 unspecified atom stereocenters. The van der Waals surface area contributed by atoms with Gasteiger partial charge in [0.25, 0.3) is 0 Å². The quantitative estimate of drug-likeness (QED) is 0.537. The number of aromatic nitrogens is 1. The second-order valence-corrected chi connectivity index (χ2v) is 7.45. The van der Waals surface area contributed by atoms with Crippen molar-refractivity contribution in [2.75, 3.05) is 11.9 Å². The molecule has 26 heavy (non-hydrogen) atoms. The fraction of sp³-hybridized carbons (Fsp3) is 0.522. The Balaban J connectivity index is 1.36. The molecule has 140 valence electrons. The van der Waals surface area contributed by atoms with Crippen molar-refractivity contribution in [3.05, 3.63) is 59.0 Å². The molecule has 0 amide bonds. The Bertz CT molecular complexity index is 698. The van der Waals surface area contributed by atoms with Crippen LogP contribution in [0.2, 0.25) is 0 Å². The van der Waals surface area contributed by atoms with Crippen molar-refractivity contribution in [2.24, 2.45) is 0 Å². The van der Waals surface area contributed by atoms with Crippen LogP contribution in [-0.4, -0.2) is 11.5 Å². The molecule has 0 bridgehead atoms. The highest BCUT2D eigenvalue weighted by Crippen LogP contribution is 2.26. The number of nitrogens with zero attached hydrogens (tertiary/aromatic N) is 1. The van der Waals surface area contributed by atoms with Crippen LogP contribution in [0, 0.1) is 5.82 Å². The van der Waals surface area contributed by atoms with Crippen LogP contribution >= 0.6 is 0 Å². The summed E-state index contributed by atoms with van der Waals surface area (Å²) in [4.78, 5) is 4.77. The molecule has 1 aliphatic heterocycles. The standard InChI is InChI=1S/C23H31FN2/c1-2-18(20-10-7-12-21(24)17-20)9-5-3-4-6-13-22-15-14-19-11-8-16-25-23(19)26-22/h7,10,12,14-15,17-18H,2-6,8-9,11,13,16H2,1H3,(H,25,26)/t18-/m0/s1. The van der Waals surface area contributed by atoms with Crippen LogP contribution in [0.1, 0.15) is 74.6 Å². The van der Waals surface area contributed by atoms with Gasteiger partial charge in [-0.2, -0.15) is 0 Å². The van der Waals surface area contributed by atoms with E-state index in [1.807, 2.05) is 6.07 Å². The van der Waals surface area contributed by atoms with Gasteiger partial charge in [0.15, 0.2) is 0 Å². The second-order valence-electron chi connectivity index (χ2n) is 7.45. The van der Waals surface area contributed by atoms with Crippen molar-refractivity contribution < 1.29 is 4.39 Å². The largest absolute Gasteiger partial charge is 0.370 e. The van der Waals surface area contributed by atoms with Gasteiger partial charge in [0, 0.05) is 12.2 Å². The van der Waals surface area contributed by atoms with E-state index in [9.17, 15) is 4.39 Å². The van der Waals surface area contributed by atoms with Crippen molar-refractivity contribution in [3.63, 3.8) is 0 Å². The Morgan fingerprint density at radius 2 is 2.00 bits per heavy atom. The van der Waals surface area contributed by atoms with E-state index < -0.39 is 0 Å². The Morgan fingerprint density at radius 1 is 1.12 bits per heavy atom. The first-order valence-electron chi connectivity index (χ1n) is 10.2. The first-order valence-corrected chi connectivity index (χ1v) is 10.2. The molecule has 3 heteroatoms. The summed E-state index contributed by atoms with van der Waals surface area (Å²) < 4.78 is 13.4. The number of hydrogen-bond donors (Lipinski definition) is 1. The van der Waals surface area contributed by atoms with E-state index in [2.05, 4.69) is 30.4 Å². The Kier molecular flexibility index (Phi) is 7.04. The third-order valence-electron chi connectivity index (χ3n) is 5.50. The van der Waals surface area contributed by atoms with E-state index in [1.165, 1.54) is 49.4 Å². The van der Waals surface area contributed by atoms with Crippen molar-refractivity contribution in [2.45, 2.75) is 70.6 Å². The molecule has 0 radical (unpaired) electrons. The molecular formula is C23H31FN2. The van der Waals surface area contributed by atoms with Crippen molar-refractivity contribution in [3.8, 4) is 0 Å².